The summed E-state index contributed by atoms with van der Waals surface area (Å²) in [5, 5.41) is 0. The molecule has 1 unspecified atom stereocenters. The number of ether oxygens (including phenoxy) is 1. The van der Waals surface area contributed by atoms with Gasteiger partial charge in [0.2, 0.25) is 15.9 Å². The van der Waals surface area contributed by atoms with Crippen molar-refractivity contribution in [3.05, 3.63) is 29.8 Å². The van der Waals surface area contributed by atoms with Crippen LogP contribution in [0.15, 0.2) is 29.2 Å². The Morgan fingerprint density at radius 2 is 1.97 bits per heavy atom. The van der Waals surface area contributed by atoms with Crippen LogP contribution in [0.25, 0.3) is 0 Å². The minimum Gasteiger partial charge on any atom is -0.466 e. The number of hydrogen-bond donors (Lipinski definition) is 1. The number of carbonyl (C=O) groups excluding carboxylic acids is 3. The molecule has 31 heavy (non-hydrogen) atoms. The fourth-order valence-corrected chi connectivity index (χ4v) is 4.18. The molecule has 1 aromatic rings. The van der Waals surface area contributed by atoms with E-state index in [1.165, 1.54) is 36.2 Å². The number of carbonyl (C=O) groups is 3. The van der Waals surface area contributed by atoms with Crippen molar-refractivity contribution in [2.24, 2.45) is 5.92 Å². The molecule has 9 nitrogen and oxygen atoms in total. The number of sulfonamides is 1. The third kappa shape index (κ3) is 6.54. The Kier molecular flexibility index (Phi) is 8.59. The largest absolute Gasteiger partial charge is 0.466 e. The van der Waals surface area contributed by atoms with E-state index in [-0.39, 0.29) is 47.9 Å². The quantitative estimate of drug-likeness (QED) is 0.456. The van der Waals surface area contributed by atoms with Gasteiger partial charge in [0, 0.05) is 25.7 Å². The Morgan fingerprint density at radius 1 is 1.29 bits per heavy atom. The molecule has 1 heterocycles. The van der Waals surface area contributed by atoms with Crippen LogP contribution in [0, 0.1) is 18.3 Å². The summed E-state index contributed by atoms with van der Waals surface area (Å²) in [6, 6.07) is 5.36. The fourth-order valence-electron chi connectivity index (χ4n) is 3.25. The molecule has 0 aliphatic carbocycles. The summed E-state index contributed by atoms with van der Waals surface area (Å²) in [4.78, 5) is 40.0. The van der Waals surface area contributed by atoms with E-state index in [9.17, 15) is 22.8 Å². The zero-order chi connectivity index (χ0) is 23.0. The lowest BCUT2D eigenvalue weighted by atomic mass is 9.98. The number of piperidine rings is 1. The highest BCUT2D eigenvalue weighted by atomic mass is 32.2. The highest BCUT2D eigenvalue weighted by molar-refractivity contribution is 7.89. The first-order valence-electron chi connectivity index (χ1n) is 9.92. The third-order valence-corrected chi connectivity index (χ3v) is 6.31. The number of nitrogens with one attached hydrogen (secondary N) is 1. The molecule has 0 bridgehead atoms. The maximum Gasteiger partial charge on any atom is 0.310 e. The second kappa shape index (κ2) is 10.9. The minimum atomic E-state index is -3.75. The highest BCUT2D eigenvalue weighted by Crippen LogP contribution is 2.18. The smallest absolute Gasteiger partial charge is 0.310 e. The molecule has 168 valence electrons. The van der Waals surface area contributed by atoms with Crippen molar-refractivity contribution in [3.8, 4) is 12.3 Å². The van der Waals surface area contributed by atoms with Crippen LogP contribution in [0.3, 0.4) is 0 Å². The van der Waals surface area contributed by atoms with Crippen LogP contribution in [0.1, 0.15) is 30.1 Å². The standard InChI is InChI=1S/C21H27N3O6S/c1-4-12-22-31(28,29)18-10-8-16(9-11-18)20(26)23(3)15-19(25)24-13-6-7-17(14-24)21(27)30-5-2/h1,8-11,17,22H,5-7,12-15H2,2-3H3. The Balaban J connectivity index is 1.98. The zero-order valence-corrected chi connectivity index (χ0v) is 18.5. The van der Waals surface area contributed by atoms with Gasteiger partial charge in [0.1, 0.15) is 0 Å². The second-order valence-corrected chi connectivity index (χ2v) is 8.91. The van der Waals surface area contributed by atoms with Gasteiger partial charge in [-0.1, -0.05) is 5.92 Å². The summed E-state index contributed by atoms with van der Waals surface area (Å²) < 4.78 is 31.4. The Bertz CT molecular complexity index is 952. The predicted octanol–water partition coefficient (Wildman–Crippen LogP) is 0.472. The molecule has 1 fully saturated rings. The third-order valence-electron chi connectivity index (χ3n) is 4.89. The van der Waals surface area contributed by atoms with E-state index in [1.807, 2.05) is 0 Å². The van der Waals surface area contributed by atoms with Crippen molar-refractivity contribution < 1.29 is 27.5 Å². The van der Waals surface area contributed by atoms with Crippen molar-refractivity contribution in [1.29, 1.82) is 0 Å². The van der Waals surface area contributed by atoms with Gasteiger partial charge in [0.05, 0.1) is 30.5 Å². The topological polar surface area (TPSA) is 113 Å². The average molecular weight is 450 g/mol. The summed E-state index contributed by atoms with van der Waals surface area (Å²) in [5.74, 6) is 0.841. The van der Waals surface area contributed by atoms with E-state index in [0.29, 0.717) is 26.0 Å². The van der Waals surface area contributed by atoms with Gasteiger partial charge in [-0.15, -0.1) is 6.42 Å². The Hall–Kier alpha value is -2.90. The molecule has 2 rings (SSSR count). The van der Waals surface area contributed by atoms with Gasteiger partial charge in [0.15, 0.2) is 0 Å². The summed E-state index contributed by atoms with van der Waals surface area (Å²) in [5.41, 5.74) is 0.245. The second-order valence-electron chi connectivity index (χ2n) is 7.15. The van der Waals surface area contributed by atoms with E-state index in [4.69, 9.17) is 11.2 Å². The molecule has 1 aliphatic heterocycles. The number of likely N-dealkylation sites (tertiary alicyclic amines) is 1. The molecule has 1 aliphatic rings. The number of esters is 1. The molecular formula is C21H27N3O6S. The molecule has 2 amide bonds. The zero-order valence-electron chi connectivity index (χ0n) is 17.7. The first kappa shape index (κ1) is 24.4. The number of benzene rings is 1. The van der Waals surface area contributed by atoms with Crippen molar-refractivity contribution in [2.75, 3.05) is 39.8 Å². The van der Waals surface area contributed by atoms with Gasteiger partial charge in [-0.25, -0.2) is 8.42 Å². The number of likely N-dealkylation sites (N-methyl/N-ethyl adjacent to an activating group) is 1. The maximum atomic E-state index is 12.6. The Labute approximate surface area is 182 Å². The van der Waals surface area contributed by atoms with Crippen LogP contribution in [0.4, 0.5) is 0 Å². The molecule has 1 atom stereocenters. The van der Waals surface area contributed by atoms with E-state index in [0.717, 1.165) is 0 Å². The number of nitrogens with zero attached hydrogens (tertiary/aromatic N) is 2. The van der Waals surface area contributed by atoms with Gasteiger partial charge >= 0.3 is 5.97 Å². The van der Waals surface area contributed by atoms with E-state index >= 15 is 0 Å². The van der Waals surface area contributed by atoms with Crippen LogP contribution in [0.5, 0.6) is 0 Å². The highest BCUT2D eigenvalue weighted by Gasteiger charge is 2.30. The monoisotopic (exact) mass is 449 g/mol. The summed E-state index contributed by atoms with van der Waals surface area (Å²) in [6.45, 7) is 2.53. The summed E-state index contributed by atoms with van der Waals surface area (Å²) in [7, 11) is -2.26. The molecule has 1 aromatic carbocycles. The van der Waals surface area contributed by atoms with Crippen LogP contribution in [0.2, 0.25) is 0 Å². The lowest BCUT2D eigenvalue weighted by Crippen LogP contribution is -2.47. The first-order chi connectivity index (χ1) is 14.7. The number of amides is 2. The maximum absolute atomic E-state index is 12.6. The molecule has 0 saturated carbocycles. The lowest BCUT2D eigenvalue weighted by Gasteiger charge is -2.32. The summed E-state index contributed by atoms with van der Waals surface area (Å²) in [6.07, 6.45) is 6.42. The van der Waals surface area contributed by atoms with E-state index in [1.54, 1.807) is 11.8 Å². The number of rotatable bonds is 8. The van der Waals surface area contributed by atoms with Crippen molar-refractivity contribution in [2.45, 2.75) is 24.7 Å². The Morgan fingerprint density at radius 3 is 2.58 bits per heavy atom. The first-order valence-corrected chi connectivity index (χ1v) is 11.4. The lowest BCUT2D eigenvalue weighted by molar-refractivity contribution is -0.151. The van der Waals surface area contributed by atoms with Gasteiger partial charge in [-0.2, -0.15) is 4.72 Å². The molecule has 0 aromatic heterocycles. The van der Waals surface area contributed by atoms with Gasteiger partial charge in [0.25, 0.3) is 5.91 Å². The molecule has 0 spiro atoms. The van der Waals surface area contributed by atoms with Crippen molar-refractivity contribution >= 4 is 27.8 Å². The van der Waals surface area contributed by atoms with Crippen LogP contribution in [-0.4, -0.2) is 75.8 Å². The SMILES string of the molecule is C#CCNS(=O)(=O)c1ccc(C(=O)N(C)CC(=O)N2CCCC(C(=O)OCC)C2)cc1. The number of terminal acetylenes is 1. The predicted molar refractivity (Wildman–Crippen MR) is 113 cm³/mol. The number of hydrogen-bond acceptors (Lipinski definition) is 6. The molecular weight excluding hydrogens is 422 g/mol. The molecule has 1 N–H and O–H groups in total. The van der Waals surface area contributed by atoms with Crippen LogP contribution < -0.4 is 4.72 Å². The van der Waals surface area contributed by atoms with Gasteiger partial charge < -0.3 is 14.5 Å². The normalized spacial score (nSPS) is 16.3. The minimum absolute atomic E-state index is 0.0173. The molecule has 0 radical (unpaired) electrons. The van der Waals surface area contributed by atoms with Gasteiger partial charge in [-0.05, 0) is 44.0 Å². The summed E-state index contributed by atoms with van der Waals surface area (Å²) >= 11 is 0. The van der Waals surface area contributed by atoms with Gasteiger partial charge in [-0.3, -0.25) is 14.4 Å². The van der Waals surface area contributed by atoms with Crippen LogP contribution in [-0.2, 0) is 24.3 Å². The van der Waals surface area contributed by atoms with Crippen molar-refractivity contribution in [3.63, 3.8) is 0 Å². The van der Waals surface area contributed by atoms with Crippen molar-refractivity contribution in [1.82, 2.24) is 14.5 Å². The molecule has 10 heteroatoms. The fraction of sp³-hybridized carbons (Fsp3) is 0.476. The van der Waals surface area contributed by atoms with Crippen LogP contribution >= 0.6 is 0 Å². The average Bonchev–Trinajstić information content (AvgIpc) is 2.77. The molecule has 1 saturated heterocycles. The van der Waals surface area contributed by atoms with E-state index in [2.05, 4.69) is 10.6 Å². The van der Waals surface area contributed by atoms with E-state index < -0.39 is 15.9 Å².